The summed E-state index contributed by atoms with van der Waals surface area (Å²) in [6.45, 7) is 0.525. The molecule has 1 aromatic heterocycles. The molecule has 1 heterocycles. The predicted octanol–water partition coefficient (Wildman–Crippen LogP) is 0.443. The number of hydrogen-bond donors (Lipinski definition) is 2. The number of carbonyl (C=O) groups is 1. The fourth-order valence-electron chi connectivity index (χ4n) is 0.846. The number of unbranched alkanes of at least 4 members (excludes halogenated alkanes) is 1. The van der Waals surface area contributed by atoms with E-state index >= 15 is 0 Å². The SMILES string of the molecule is N#CCCCNC(=O)c1cn[nH]c1. The Labute approximate surface area is 75.8 Å². The fourth-order valence-corrected chi connectivity index (χ4v) is 0.846. The molecular formula is C8H10N4O. The molecular weight excluding hydrogens is 168 g/mol. The van der Waals surface area contributed by atoms with Crippen LogP contribution in [0, 0.1) is 11.3 Å². The summed E-state index contributed by atoms with van der Waals surface area (Å²) in [7, 11) is 0. The van der Waals surface area contributed by atoms with Gasteiger partial charge in [-0.15, -0.1) is 0 Å². The largest absolute Gasteiger partial charge is 0.352 e. The molecule has 0 spiro atoms. The average Bonchev–Trinajstić information content (AvgIpc) is 2.65. The van der Waals surface area contributed by atoms with Crippen LogP contribution in [-0.2, 0) is 0 Å². The quantitative estimate of drug-likeness (QED) is 0.656. The lowest BCUT2D eigenvalue weighted by atomic mass is 10.3. The number of nitrogens with one attached hydrogen (secondary N) is 2. The molecule has 2 N–H and O–H groups in total. The summed E-state index contributed by atoms with van der Waals surface area (Å²) in [5.41, 5.74) is 0.511. The summed E-state index contributed by atoms with van der Waals surface area (Å²) in [4.78, 5) is 11.2. The van der Waals surface area contributed by atoms with Crippen molar-refractivity contribution in [3.05, 3.63) is 18.0 Å². The number of aromatic amines is 1. The second-order valence-electron chi connectivity index (χ2n) is 2.50. The predicted molar refractivity (Wildman–Crippen MR) is 45.8 cm³/mol. The van der Waals surface area contributed by atoms with Crippen LogP contribution in [0.15, 0.2) is 12.4 Å². The van der Waals surface area contributed by atoms with Crippen LogP contribution < -0.4 is 5.32 Å². The number of nitrogens with zero attached hydrogens (tertiary/aromatic N) is 2. The van der Waals surface area contributed by atoms with E-state index in [1.807, 2.05) is 6.07 Å². The molecule has 0 saturated heterocycles. The van der Waals surface area contributed by atoms with Gasteiger partial charge in [0.2, 0.25) is 0 Å². The van der Waals surface area contributed by atoms with Crippen LogP contribution in [0.3, 0.4) is 0 Å². The fraction of sp³-hybridized carbons (Fsp3) is 0.375. The average molecular weight is 178 g/mol. The number of hydrogen-bond acceptors (Lipinski definition) is 3. The van der Waals surface area contributed by atoms with Crippen molar-refractivity contribution < 1.29 is 4.79 Å². The second kappa shape index (κ2) is 4.93. The van der Waals surface area contributed by atoms with E-state index in [1.165, 1.54) is 12.4 Å². The number of rotatable bonds is 4. The van der Waals surface area contributed by atoms with E-state index in [0.717, 1.165) is 0 Å². The molecule has 0 aliphatic rings. The summed E-state index contributed by atoms with van der Waals surface area (Å²) >= 11 is 0. The number of carbonyl (C=O) groups excluding carboxylic acids is 1. The standard InChI is InChI=1S/C8H10N4O/c9-3-1-2-4-10-8(13)7-5-11-12-6-7/h5-6H,1-2,4H2,(H,10,13)(H,11,12). The van der Waals surface area contributed by atoms with E-state index in [-0.39, 0.29) is 5.91 Å². The molecule has 1 amide bonds. The Hall–Kier alpha value is -1.83. The first-order chi connectivity index (χ1) is 6.34. The first kappa shape index (κ1) is 9.26. The molecule has 68 valence electrons. The van der Waals surface area contributed by atoms with Crippen molar-refractivity contribution in [3.63, 3.8) is 0 Å². The smallest absolute Gasteiger partial charge is 0.254 e. The third-order valence-corrected chi connectivity index (χ3v) is 1.51. The molecule has 5 heteroatoms. The van der Waals surface area contributed by atoms with Gasteiger partial charge in [-0.2, -0.15) is 10.4 Å². The lowest BCUT2D eigenvalue weighted by Crippen LogP contribution is -2.23. The molecule has 0 bridgehead atoms. The Morgan fingerprint density at radius 3 is 3.23 bits per heavy atom. The van der Waals surface area contributed by atoms with Gasteiger partial charge in [0.25, 0.3) is 5.91 Å². The maximum atomic E-state index is 11.2. The minimum absolute atomic E-state index is 0.160. The topological polar surface area (TPSA) is 81.6 Å². The van der Waals surface area contributed by atoms with Crippen LogP contribution in [0.25, 0.3) is 0 Å². The first-order valence-corrected chi connectivity index (χ1v) is 3.98. The highest BCUT2D eigenvalue weighted by Gasteiger charge is 2.04. The monoisotopic (exact) mass is 178 g/mol. The molecule has 13 heavy (non-hydrogen) atoms. The van der Waals surface area contributed by atoms with Gasteiger partial charge in [0.15, 0.2) is 0 Å². The first-order valence-electron chi connectivity index (χ1n) is 3.98. The summed E-state index contributed by atoms with van der Waals surface area (Å²) in [5.74, 6) is -0.160. The Kier molecular flexibility index (Phi) is 3.51. The van der Waals surface area contributed by atoms with E-state index in [4.69, 9.17) is 5.26 Å². The van der Waals surface area contributed by atoms with Crippen LogP contribution in [0.5, 0.6) is 0 Å². The van der Waals surface area contributed by atoms with Crippen LogP contribution >= 0.6 is 0 Å². The third-order valence-electron chi connectivity index (χ3n) is 1.51. The molecule has 0 aromatic carbocycles. The van der Waals surface area contributed by atoms with Crippen LogP contribution in [0.1, 0.15) is 23.2 Å². The van der Waals surface area contributed by atoms with Crippen molar-refractivity contribution in [1.29, 1.82) is 5.26 Å². The van der Waals surface area contributed by atoms with Crippen molar-refractivity contribution in [1.82, 2.24) is 15.5 Å². The molecule has 1 aromatic rings. The van der Waals surface area contributed by atoms with Crippen molar-refractivity contribution in [2.75, 3.05) is 6.54 Å². The minimum atomic E-state index is -0.160. The zero-order valence-electron chi connectivity index (χ0n) is 7.08. The number of aromatic nitrogens is 2. The highest BCUT2D eigenvalue weighted by atomic mass is 16.1. The van der Waals surface area contributed by atoms with Crippen LogP contribution in [0.2, 0.25) is 0 Å². The number of amides is 1. The maximum Gasteiger partial charge on any atom is 0.254 e. The van der Waals surface area contributed by atoms with Gasteiger partial charge in [-0.3, -0.25) is 9.89 Å². The molecule has 5 nitrogen and oxygen atoms in total. The third kappa shape index (κ3) is 2.95. The van der Waals surface area contributed by atoms with E-state index < -0.39 is 0 Å². The minimum Gasteiger partial charge on any atom is -0.352 e. The van der Waals surface area contributed by atoms with E-state index in [0.29, 0.717) is 24.9 Å². The number of H-pyrrole nitrogens is 1. The molecule has 0 aliphatic carbocycles. The Bertz CT molecular complexity index is 298. The summed E-state index contributed by atoms with van der Waals surface area (Å²) in [6, 6.07) is 2.01. The zero-order chi connectivity index (χ0) is 9.52. The molecule has 0 radical (unpaired) electrons. The normalized spacial score (nSPS) is 9.15. The highest BCUT2D eigenvalue weighted by Crippen LogP contribution is 1.93. The van der Waals surface area contributed by atoms with Gasteiger partial charge < -0.3 is 5.32 Å². The van der Waals surface area contributed by atoms with Gasteiger partial charge in [0.05, 0.1) is 17.8 Å². The molecule has 0 unspecified atom stereocenters. The van der Waals surface area contributed by atoms with Crippen LogP contribution in [0.4, 0.5) is 0 Å². The van der Waals surface area contributed by atoms with Gasteiger partial charge in [0.1, 0.15) is 0 Å². The summed E-state index contributed by atoms with van der Waals surface area (Å²) in [6.07, 6.45) is 4.13. The van der Waals surface area contributed by atoms with Gasteiger partial charge >= 0.3 is 0 Å². The van der Waals surface area contributed by atoms with Gasteiger partial charge in [-0.1, -0.05) is 0 Å². The highest BCUT2D eigenvalue weighted by molar-refractivity contribution is 5.93. The second-order valence-corrected chi connectivity index (χ2v) is 2.50. The molecule has 0 fully saturated rings. The Morgan fingerprint density at radius 2 is 2.62 bits per heavy atom. The van der Waals surface area contributed by atoms with Gasteiger partial charge in [-0.05, 0) is 6.42 Å². The van der Waals surface area contributed by atoms with Crippen molar-refractivity contribution >= 4 is 5.91 Å². The maximum absolute atomic E-state index is 11.2. The molecule has 0 saturated carbocycles. The van der Waals surface area contributed by atoms with E-state index in [1.54, 1.807) is 0 Å². The molecule has 0 aliphatic heterocycles. The Balaban J connectivity index is 2.24. The Morgan fingerprint density at radius 1 is 1.77 bits per heavy atom. The lowest BCUT2D eigenvalue weighted by Gasteiger charge is -1.99. The van der Waals surface area contributed by atoms with Gasteiger partial charge in [-0.25, -0.2) is 0 Å². The van der Waals surface area contributed by atoms with E-state index in [2.05, 4.69) is 15.5 Å². The van der Waals surface area contributed by atoms with Crippen LogP contribution in [-0.4, -0.2) is 22.6 Å². The van der Waals surface area contributed by atoms with Gasteiger partial charge in [0, 0.05) is 19.2 Å². The number of nitriles is 1. The zero-order valence-corrected chi connectivity index (χ0v) is 7.08. The molecule has 1 rings (SSSR count). The molecule has 0 atom stereocenters. The van der Waals surface area contributed by atoms with E-state index in [9.17, 15) is 4.79 Å². The lowest BCUT2D eigenvalue weighted by molar-refractivity contribution is 0.0953. The van der Waals surface area contributed by atoms with Crippen molar-refractivity contribution in [2.45, 2.75) is 12.8 Å². The summed E-state index contributed by atoms with van der Waals surface area (Å²) < 4.78 is 0. The summed E-state index contributed by atoms with van der Waals surface area (Å²) in [5, 5.41) is 17.1. The van der Waals surface area contributed by atoms with Crippen molar-refractivity contribution in [3.8, 4) is 6.07 Å². The van der Waals surface area contributed by atoms with Crippen molar-refractivity contribution in [2.24, 2.45) is 0 Å².